The van der Waals surface area contributed by atoms with Crippen LogP contribution >= 0.6 is 0 Å². The Morgan fingerprint density at radius 2 is 1.73 bits per heavy atom. The van der Waals surface area contributed by atoms with Crippen LogP contribution in [0, 0.1) is 11.3 Å². The van der Waals surface area contributed by atoms with E-state index in [1.165, 1.54) is 11.3 Å². The van der Waals surface area contributed by atoms with Gasteiger partial charge >= 0.3 is 0 Å². The lowest BCUT2D eigenvalue weighted by molar-refractivity contribution is 0.313. The van der Waals surface area contributed by atoms with Crippen LogP contribution in [0.1, 0.15) is 36.5 Å². The van der Waals surface area contributed by atoms with E-state index >= 15 is 0 Å². The van der Waals surface area contributed by atoms with E-state index in [4.69, 9.17) is 0 Å². The molecule has 0 aromatic heterocycles. The van der Waals surface area contributed by atoms with E-state index in [0.717, 1.165) is 43.0 Å². The zero-order valence-corrected chi connectivity index (χ0v) is 16.0. The summed E-state index contributed by atoms with van der Waals surface area (Å²) < 4.78 is 0. The second-order valence-electron chi connectivity index (χ2n) is 7.37. The van der Waals surface area contributed by atoms with Gasteiger partial charge in [0.15, 0.2) is 0 Å². The van der Waals surface area contributed by atoms with Gasteiger partial charge in [-0.1, -0.05) is 26.0 Å². The van der Waals surface area contributed by atoms with E-state index in [1.807, 2.05) is 6.07 Å². The van der Waals surface area contributed by atoms with E-state index < -0.39 is 0 Å². The van der Waals surface area contributed by atoms with Gasteiger partial charge in [-0.3, -0.25) is 0 Å². The number of nitrogens with one attached hydrogen (secondary N) is 1. The smallest absolute Gasteiger partial charge is 0.0995 e. The second kappa shape index (κ2) is 8.25. The van der Waals surface area contributed by atoms with Gasteiger partial charge in [0.1, 0.15) is 0 Å². The molecule has 2 aromatic rings. The van der Waals surface area contributed by atoms with Crippen molar-refractivity contribution in [3.05, 3.63) is 59.2 Å². The molecular weight excluding hydrogens is 320 g/mol. The lowest BCUT2D eigenvalue weighted by Gasteiger charge is -2.34. The highest BCUT2D eigenvalue weighted by molar-refractivity contribution is 5.55. The first-order chi connectivity index (χ1) is 12.6. The van der Waals surface area contributed by atoms with Crippen LogP contribution in [0.5, 0.6) is 0 Å². The summed E-state index contributed by atoms with van der Waals surface area (Å²) in [7, 11) is 2.16. The Labute approximate surface area is 157 Å². The number of likely N-dealkylation sites (N-methyl/N-ethyl adjacent to an activating group) is 1. The van der Waals surface area contributed by atoms with Crippen LogP contribution < -0.4 is 10.2 Å². The molecule has 4 nitrogen and oxygen atoms in total. The highest BCUT2D eigenvalue weighted by Gasteiger charge is 2.15. The minimum Gasteiger partial charge on any atom is -0.381 e. The Hall–Kier alpha value is -2.51. The molecule has 1 saturated heterocycles. The predicted molar refractivity (Wildman–Crippen MR) is 109 cm³/mol. The van der Waals surface area contributed by atoms with Gasteiger partial charge < -0.3 is 15.1 Å². The van der Waals surface area contributed by atoms with Gasteiger partial charge in [-0.15, -0.1) is 0 Å². The first kappa shape index (κ1) is 18.3. The van der Waals surface area contributed by atoms with Crippen molar-refractivity contribution in [1.29, 1.82) is 5.26 Å². The Bertz CT molecular complexity index is 766. The molecule has 3 rings (SSSR count). The summed E-state index contributed by atoms with van der Waals surface area (Å²) in [6.45, 7) is 9.28. The molecule has 136 valence electrons. The van der Waals surface area contributed by atoms with Crippen LogP contribution in [0.3, 0.4) is 0 Å². The Kier molecular flexibility index (Phi) is 5.80. The standard InChI is InChI=1S/C22H28N4/c1-17(2)18-4-7-21(8-5-18)24-16-20-14-22(9-6-19(20)15-23)26-12-10-25(3)11-13-26/h4-9,14,17,24H,10-13,16H2,1-3H3. The molecule has 1 aliphatic rings. The third-order valence-electron chi connectivity index (χ3n) is 5.14. The van der Waals surface area contributed by atoms with E-state index in [2.05, 4.69) is 78.5 Å². The molecule has 1 aliphatic heterocycles. The highest BCUT2D eigenvalue weighted by atomic mass is 15.2. The van der Waals surface area contributed by atoms with Crippen LogP contribution in [0.4, 0.5) is 11.4 Å². The molecule has 4 heteroatoms. The Morgan fingerprint density at radius 3 is 2.35 bits per heavy atom. The number of hydrogen-bond acceptors (Lipinski definition) is 4. The Morgan fingerprint density at radius 1 is 1.04 bits per heavy atom. The molecule has 26 heavy (non-hydrogen) atoms. The van der Waals surface area contributed by atoms with Crippen molar-refractivity contribution in [1.82, 2.24) is 4.90 Å². The maximum absolute atomic E-state index is 9.45. The van der Waals surface area contributed by atoms with Crippen molar-refractivity contribution in [2.45, 2.75) is 26.3 Å². The lowest BCUT2D eigenvalue weighted by atomic mass is 10.0. The number of benzene rings is 2. The molecule has 0 spiro atoms. The highest BCUT2D eigenvalue weighted by Crippen LogP contribution is 2.22. The van der Waals surface area contributed by atoms with Crippen molar-refractivity contribution in [2.75, 3.05) is 43.4 Å². The monoisotopic (exact) mass is 348 g/mol. The minimum absolute atomic E-state index is 0.537. The van der Waals surface area contributed by atoms with Gasteiger partial charge in [-0.25, -0.2) is 0 Å². The molecule has 2 aromatic carbocycles. The maximum Gasteiger partial charge on any atom is 0.0995 e. The van der Waals surface area contributed by atoms with Crippen LogP contribution in [0.2, 0.25) is 0 Å². The minimum atomic E-state index is 0.537. The SMILES string of the molecule is CC(C)c1ccc(NCc2cc(N3CCN(C)CC3)ccc2C#N)cc1. The average molecular weight is 348 g/mol. The summed E-state index contributed by atoms with van der Waals surface area (Å²) in [4.78, 5) is 4.76. The molecule has 0 saturated carbocycles. The van der Waals surface area contributed by atoms with Crippen molar-refractivity contribution in [3.63, 3.8) is 0 Å². The number of nitriles is 1. The van der Waals surface area contributed by atoms with Gasteiger partial charge in [0.25, 0.3) is 0 Å². The largest absolute Gasteiger partial charge is 0.381 e. The first-order valence-electron chi connectivity index (χ1n) is 9.37. The summed E-state index contributed by atoms with van der Waals surface area (Å²) in [6.07, 6.45) is 0. The van der Waals surface area contributed by atoms with E-state index in [0.29, 0.717) is 12.5 Å². The topological polar surface area (TPSA) is 42.3 Å². The summed E-state index contributed by atoms with van der Waals surface area (Å²) >= 11 is 0. The number of hydrogen-bond donors (Lipinski definition) is 1. The molecule has 0 amide bonds. The summed E-state index contributed by atoms with van der Waals surface area (Å²) in [6, 6.07) is 17.1. The fourth-order valence-corrected chi connectivity index (χ4v) is 3.28. The number of nitrogens with zero attached hydrogens (tertiary/aromatic N) is 3. The van der Waals surface area contributed by atoms with E-state index in [9.17, 15) is 5.26 Å². The van der Waals surface area contributed by atoms with E-state index in [-0.39, 0.29) is 0 Å². The van der Waals surface area contributed by atoms with Gasteiger partial charge in [-0.05, 0) is 54.4 Å². The van der Waals surface area contributed by atoms with Crippen LogP contribution in [0.25, 0.3) is 0 Å². The second-order valence-corrected chi connectivity index (χ2v) is 7.37. The molecular formula is C22H28N4. The van der Waals surface area contributed by atoms with Gasteiger partial charge in [0, 0.05) is 44.1 Å². The fraction of sp³-hybridized carbons (Fsp3) is 0.409. The van der Waals surface area contributed by atoms with Crippen LogP contribution in [-0.2, 0) is 6.54 Å². The summed E-state index contributed by atoms with van der Waals surface area (Å²) in [5, 5.41) is 12.9. The average Bonchev–Trinajstić information content (AvgIpc) is 2.67. The van der Waals surface area contributed by atoms with Gasteiger partial charge in [0.2, 0.25) is 0 Å². The molecule has 1 N–H and O–H groups in total. The molecule has 0 bridgehead atoms. The quantitative estimate of drug-likeness (QED) is 0.885. The molecule has 0 radical (unpaired) electrons. The number of rotatable bonds is 5. The molecule has 0 aliphatic carbocycles. The third-order valence-corrected chi connectivity index (χ3v) is 5.14. The van der Waals surface area contributed by atoms with Crippen molar-refractivity contribution in [3.8, 4) is 6.07 Å². The lowest BCUT2D eigenvalue weighted by Crippen LogP contribution is -2.44. The van der Waals surface area contributed by atoms with E-state index in [1.54, 1.807) is 0 Å². The van der Waals surface area contributed by atoms with Crippen molar-refractivity contribution >= 4 is 11.4 Å². The van der Waals surface area contributed by atoms with Crippen LogP contribution in [-0.4, -0.2) is 38.1 Å². The van der Waals surface area contributed by atoms with Crippen molar-refractivity contribution in [2.24, 2.45) is 0 Å². The molecule has 0 unspecified atom stereocenters. The summed E-state index contributed by atoms with van der Waals surface area (Å²) in [5.74, 6) is 0.537. The summed E-state index contributed by atoms with van der Waals surface area (Å²) in [5.41, 5.74) is 5.43. The van der Waals surface area contributed by atoms with Gasteiger partial charge in [-0.2, -0.15) is 5.26 Å². The zero-order chi connectivity index (χ0) is 18.5. The molecule has 1 heterocycles. The maximum atomic E-state index is 9.45. The molecule has 1 fully saturated rings. The number of anilines is 2. The predicted octanol–water partition coefficient (Wildman–Crippen LogP) is 4.05. The third kappa shape index (κ3) is 4.36. The number of piperazine rings is 1. The Balaban J connectivity index is 1.71. The van der Waals surface area contributed by atoms with Crippen LogP contribution in [0.15, 0.2) is 42.5 Å². The first-order valence-corrected chi connectivity index (χ1v) is 9.37. The van der Waals surface area contributed by atoms with Gasteiger partial charge in [0.05, 0.1) is 11.6 Å². The fourth-order valence-electron chi connectivity index (χ4n) is 3.28. The van der Waals surface area contributed by atoms with Crippen molar-refractivity contribution < 1.29 is 0 Å². The normalized spacial score (nSPS) is 15.1. The molecule has 0 atom stereocenters. The zero-order valence-electron chi connectivity index (χ0n) is 16.0.